The number of nitriles is 1. The van der Waals surface area contributed by atoms with Crippen LogP contribution in [0.4, 0.5) is 5.00 Å². The molecule has 5 heteroatoms. The van der Waals surface area contributed by atoms with Gasteiger partial charge in [0.25, 0.3) is 0 Å². The molecule has 0 radical (unpaired) electrons. The van der Waals surface area contributed by atoms with Crippen LogP contribution < -0.4 is 5.32 Å². The van der Waals surface area contributed by atoms with Crippen molar-refractivity contribution in [2.24, 2.45) is 0 Å². The highest BCUT2D eigenvalue weighted by molar-refractivity contribution is 7.99. The Morgan fingerprint density at radius 3 is 2.80 bits per heavy atom. The van der Waals surface area contributed by atoms with E-state index >= 15 is 0 Å². The van der Waals surface area contributed by atoms with Crippen molar-refractivity contribution in [2.75, 3.05) is 18.1 Å². The Morgan fingerprint density at radius 1 is 1.60 bits per heavy atom. The fourth-order valence-electron chi connectivity index (χ4n) is 0.987. The minimum Gasteiger partial charge on any atom is -0.373 e. The van der Waals surface area contributed by atoms with Crippen LogP contribution in [0.5, 0.6) is 0 Å². The van der Waals surface area contributed by atoms with Gasteiger partial charge in [0.1, 0.15) is 16.6 Å². The number of aryl methyl sites for hydroxylation is 1. The lowest BCUT2D eigenvalue weighted by molar-refractivity contribution is 0.754. The molecule has 0 aliphatic heterocycles. The summed E-state index contributed by atoms with van der Waals surface area (Å²) in [7, 11) is 0. The van der Waals surface area contributed by atoms with Crippen molar-refractivity contribution in [3.8, 4) is 6.07 Å². The van der Waals surface area contributed by atoms with Gasteiger partial charge in [0, 0.05) is 11.3 Å². The lowest BCUT2D eigenvalue weighted by Gasteiger charge is -2.22. The predicted octanol–water partition coefficient (Wildman–Crippen LogP) is 2.88. The van der Waals surface area contributed by atoms with E-state index in [4.69, 9.17) is 5.26 Å². The SMILES string of the molecule is CSC(C)(C)CNc1snc(C)c1C#N. The van der Waals surface area contributed by atoms with E-state index in [-0.39, 0.29) is 4.75 Å². The van der Waals surface area contributed by atoms with Crippen LogP contribution in [0, 0.1) is 18.3 Å². The molecule has 0 saturated carbocycles. The quantitative estimate of drug-likeness (QED) is 0.880. The van der Waals surface area contributed by atoms with Crippen molar-refractivity contribution in [3.63, 3.8) is 0 Å². The molecule has 1 N–H and O–H groups in total. The van der Waals surface area contributed by atoms with Crippen LogP contribution in [0.15, 0.2) is 0 Å². The highest BCUT2D eigenvalue weighted by Gasteiger charge is 2.17. The number of thioether (sulfide) groups is 1. The van der Waals surface area contributed by atoms with E-state index in [2.05, 4.69) is 35.9 Å². The number of hydrogen-bond acceptors (Lipinski definition) is 5. The summed E-state index contributed by atoms with van der Waals surface area (Å²) in [5, 5.41) is 13.1. The normalized spacial score (nSPS) is 11.1. The Morgan fingerprint density at radius 2 is 2.27 bits per heavy atom. The molecule has 3 nitrogen and oxygen atoms in total. The van der Waals surface area contributed by atoms with Crippen molar-refractivity contribution in [1.82, 2.24) is 4.37 Å². The van der Waals surface area contributed by atoms with Crippen LogP contribution in [0.1, 0.15) is 25.1 Å². The van der Waals surface area contributed by atoms with E-state index in [9.17, 15) is 0 Å². The molecule has 0 spiro atoms. The van der Waals surface area contributed by atoms with E-state index in [1.165, 1.54) is 11.5 Å². The lowest BCUT2D eigenvalue weighted by Crippen LogP contribution is -2.25. The molecule has 1 rings (SSSR count). The van der Waals surface area contributed by atoms with Gasteiger partial charge in [-0.3, -0.25) is 0 Å². The Bertz CT molecular complexity index is 377. The zero-order chi connectivity index (χ0) is 11.5. The monoisotopic (exact) mass is 241 g/mol. The van der Waals surface area contributed by atoms with Gasteiger partial charge in [0.2, 0.25) is 0 Å². The maximum Gasteiger partial charge on any atom is 0.127 e. The largest absolute Gasteiger partial charge is 0.373 e. The summed E-state index contributed by atoms with van der Waals surface area (Å²) in [5.74, 6) is 0. The second-order valence-corrected chi connectivity index (χ2v) is 6.19. The molecule has 0 bridgehead atoms. The summed E-state index contributed by atoms with van der Waals surface area (Å²) >= 11 is 3.16. The molecule has 0 unspecified atom stereocenters. The molecule has 0 aliphatic carbocycles. The van der Waals surface area contributed by atoms with Gasteiger partial charge in [-0.1, -0.05) is 0 Å². The Hall–Kier alpha value is -0.730. The van der Waals surface area contributed by atoms with Gasteiger partial charge in [0.05, 0.1) is 5.69 Å². The van der Waals surface area contributed by atoms with E-state index in [1.807, 2.05) is 6.92 Å². The van der Waals surface area contributed by atoms with Gasteiger partial charge in [-0.15, -0.1) is 0 Å². The summed E-state index contributed by atoms with van der Waals surface area (Å²) in [4.78, 5) is 0. The van der Waals surface area contributed by atoms with Crippen LogP contribution in [-0.4, -0.2) is 21.9 Å². The molecule has 1 heterocycles. The average Bonchev–Trinajstić information content (AvgIpc) is 2.56. The number of nitrogens with zero attached hydrogens (tertiary/aromatic N) is 2. The van der Waals surface area contributed by atoms with Crippen LogP contribution >= 0.6 is 23.3 Å². The van der Waals surface area contributed by atoms with Gasteiger partial charge in [-0.2, -0.15) is 21.4 Å². The van der Waals surface area contributed by atoms with Crippen LogP contribution in [0.3, 0.4) is 0 Å². The third kappa shape index (κ3) is 3.11. The first-order valence-electron chi connectivity index (χ1n) is 4.65. The maximum atomic E-state index is 8.95. The van der Waals surface area contributed by atoms with E-state index in [0.717, 1.165) is 17.2 Å². The number of aromatic nitrogens is 1. The van der Waals surface area contributed by atoms with E-state index in [1.54, 1.807) is 11.8 Å². The van der Waals surface area contributed by atoms with Gasteiger partial charge >= 0.3 is 0 Å². The summed E-state index contributed by atoms with van der Waals surface area (Å²) < 4.78 is 4.34. The Labute approximate surface area is 99.1 Å². The smallest absolute Gasteiger partial charge is 0.127 e. The standard InChI is InChI=1S/C10H15N3S2/c1-7-8(5-11)9(15-13-7)12-6-10(2,3)14-4/h12H,6H2,1-4H3. The third-order valence-corrected chi connectivity index (χ3v) is 4.35. The Balaban J connectivity index is 2.71. The van der Waals surface area contributed by atoms with Crippen molar-refractivity contribution in [1.29, 1.82) is 5.26 Å². The molecular weight excluding hydrogens is 226 g/mol. The highest BCUT2D eigenvalue weighted by atomic mass is 32.2. The van der Waals surface area contributed by atoms with Crippen molar-refractivity contribution in [3.05, 3.63) is 11.3 Å². The minimum atomic E-state index is 0.171. The van der Waals surface area contributed by atoms with Gasteiger partial charge in [-0.05, 0) is 38.6 Å². The van der Waals surface area contributed by atoms with Crippen LogP contribution in [0.25, 0.3) is 0 Å². The maximum absolute atomic E-state index is 8.95. The van der Waals surface area contributed by atoms with E-state index in [0.29, 0.717) is 5.56 Å². The minimum absolute atomic E-state index is 0.171. The zero-order valence-electron chi connectivity index (χ0n) is 9.42. The number of nitrogens with one attached hydrogen (secondary N) is 1. The predicted molar refractivity (Wildman–Crippen MR) is 67.6 cm³/mol. The molecule has 0 aliphatic rings. The van der Waals surface area contributed by atoms with Crippen molar-refractivity contribution < 1.29 is 0 Å². The molecule has 0 amide bonds. The third-order valence-electron chi connectivity index (χ3n) is 2.20. The summed E-state index contributed by atoms with van der Waals surface area (Å²) in [5.41, 5.74) is 1.49. The number of anilines is 1. The topological polar surface area (TPSA) is 48.7 Å². The molecule has 1 aromatic rings. The molecule has 82 valence electrons. The second-order valence-electron chi connectivity index (χ2n) is 3.90. The van der Waals surface area contributed by atoms with E-state index < -0.39 is 0 Å². The van der Waals surface area contributed by atoms with Crippen molar-refractivity contribution in [2.45, 2.75) is 25.5 Å². The average molecular weight is 241 g/mol. The molecular formula is C10H15N3S2. The number of hydrogen-bond donors (Lipinski definition) is 1. The van der Waals surface area contributed by atoms with Gasteiger partial charge in [0.15, 0.2) is 0 Å². The molecule has 15 heavy (non-hydrogen) atoms. The van der Waals surface area contributed by atoms with Crippen LogP contribution in [0.2, 0.25) is 0 Å². The Kier molecular flexibility index (Phi) is 4.00. The molecule has 0 atom stereocenters. The summed E-state index contributed by atoms with van der Waals surface area (Å²) in [6.07, 6.45) is 2.09. The molecule has 0 fully saturated rings. The van der Waals surface area contributed by atoms with Crippen molar-refractivity contribution >= 4 is 28.3 Å². The summed E-state index contributed by atoms with van der Waals surface area (Å²) in [6.45, 7) is 7.04. The van der Waals surface area contributed by atoms with Gasteiger partial charge in [-0.25, -0.2) is 0 Å². The second kappa shape index (κ2) is 4.86. The first kappa shape index (κ1) is 12.3. The zero-order valence-corrected chi connectivity index (χ0v) is 11.1. The number of rotatable bonds is 4. The van der Waals surface area contributed by atoms with Crippen LogP contribution in [-0.2, 0) is 0 Å². The fraction of sp³-hybridized carbons (Fsp3) is 0.600. The van der Waals surface area contributed by atoms with Gasteiger partial charge < -0.3 is 5.32 Å². The molecule has 0 aromatic carbocycles. The first-order chi connectivity index (χ1) is 7.00. The lowest BCUT2D eigenvalue weighted by atomic mass is 10.2. The highest BCUT2D eigenvalue weighted by Crippen LogP contribution is 2.26. The fourth-order valence-corrected chi connectivity index (χ4v) is 1.94. The molecule has 1 aromatic heterocycles. The molecule has 0 saturated heterocycles. The summed E-state index contributed by atoms with van der Waals surface area (Å²) in [6, 6.07) is 2.18. The first-order valence-corrected chi connectivity index (χ1v) is 6.65.